The highest BCUT2D eigenvalue weighted by Crippen LogP contribution is 2.42. The third-order valence-electron chi connectivity index (χ3n) is 2.95. The first-order chi connectivity index (χ1) is 6.77. The third-order valence-corrected chi connectivity index (χ3v) is 4.11. The predicted molar refractivity (Wildman–Crippen MR) is 60.7 cm³/mol. The molecule has 0 radical (unpaired) electrons. The van der Waals surface area contributed by atoms with Crippen LogP contribution in [0, 0.1) is 6.92 Å². The van der Waals surface area contributed by atoms with E-state index >= 15 is 0 Å². The molecule has 1 aromatic rings. The molecule has 1 saturated carbocycles. The van der Waals surface area contributed by atoms with Crippen LogP contribution in [-0.4, -0.2) is 11.5 Å². The van der Waals surface area contributed by atoms with Crippen molar-refractivity contribution in [2.75, 3.05) is 6.54 Å². The van der Waals surface area contributed by atoms with Crippen LogP contribution in [0.5, 0.6) is 0 Å². The molecule has 0 amide bonds. The van der Waals surface area contributed by atoms with Crippen LogP contribution in [0.4, 0.5) is 0 Å². The highest BCUT2D eigenvalue weighted by molar-refractivity contribution is 7.09. The average molecular weight is 210 g/mol. The van der Waals surface area contributed by atoms with Crippen LogP contribution < -0.4 is 5.32 Å². The van der Waals surface area contributed by atoms with Gasteiger partial charge in [-0.1, -0.05) is 6.92 Å². The van der Waals surface area contributed by atoms with E-state index in [9.17, 15) is 0 Å². The Labute approximate surface area is 89.8 Å². The number of thiazole rings is 1. The molecule has 0 aliphatic heterocycles. The van der Waals surface area contributed by atoms with Crippen molar-refractivity contribution in [1.29, 1.82) is 0 Å². The van der Waals surface area contributed by atoms with Crippen LogP contribution in [0.2, 0.25) is 0 Å². The zero-order valence-corrected chi connectivity index (χ0v) is 9.78. The minimum absolute atomic E-state index is 0.245. The maximum Gasteiger partial charge on any atom is 0.113 e. The van der Waals surface area contributed by atoms with Gasteiger partial charge in [0, 0.05) is 11.1 Å². The number of nitrogens with zero attached hydrogens (tertiary/aromatic N) is 1. The third kappa shape index (κ3) is 1.71. The Kier molecular flexibility index (Phi) is 2.88. The predicted octanol–water partition coefficient (Wildman–Crippen LogP) is 2.83. The molecule has 3 heteroatoms. The summed E-state index contributed by atoms with van der Waals surface area (Å²) in [4.78, 5) is 4.61. The number of hydrogen-bond acceptors (Lipinski definition) is 3. The zero-order chi connectivity index (χ0) is 10.0. The van der Waals surface area contributed by atoms with Crippen LogP contribution in [0.3, 0.4) is 0 Å². The van der Waals surface area contributed by atoms with Crippen molar-refractivity contribution >= 4 is 11.3 Å². The van der Waals surface area contributed by atoms with E-state index in [4.69, 9.17) is 0 Å². The quantitative estimate of drug-likeness (QED) is 0.826. The monoisotopic (exact) mass is 210 g/mol. The van der Waals surface area contributed by atoms with Gasteiger partial charge in [-0.05, 0) is 39.2 Å². The molecule has 0 spiro atoms. The van der Waals surface area contributed by atoms with E-state index < -0.39 is 0 Å². The highest BCUT2D eigenvalue weighted by Gasteiger charge is 2.40. The van der Waals surface area contributed by atoms with Crippen molar-refractivity contribution in [2.45, 2.75) is 45.1 Å². The summed E-state index contributed by atoms with van der Waals surface area (Å²) in [5, 5.41) is 7.12. The second-order valence-corrected chi connectivity index (χ2v) is 5.01. The Morgan fingerprint density at radius 1 is 1.57 bits per heavy atom. The van der Waals surface area contributed by atoms with Crippen molar-refractivity contribution in [2.24, 2.45) is 0 Å². The van der Waals surface area contributed by atoms with Crippen molar-refractivity contribution in [1.82, 2.24) is 10.3 Å². The Morgan fingerprint density at radius 2 is 2.36 bits per heavy atom. The van der Waals surface area contributed by atoms with Gasteiger partial charge in [0.2, 0.25) is 0 Å². The van der Waals surface area contributed by atoms with E-state index in [2.05, 4.69) is 29.5 Å². The van der Waals surface area contributed by atoms with Gasteiger partial charge < -0.3 is 5.32 Å². The second-order valence-electron chi connectivity index (χ2n) is 4.16. The molecular weight excluding hydrogens is 192 g/mol. The summed E-state index contributed by atoms with van der Waals surface area (Å²) in [5.74, 6) is 0. The van der Waals surface area contributed by atoms with Gasteiger partial charge in [0.05, 0.1) is 5.54 Å². The summed E-state index contributed by atoms with van der Waals surface area (Å²) >= 11 is 1.81. The lowest BCUT2D eigenvalue weighted by Crippen LogP contribution is -2.48. The van der Waals surface area contributed by atoms with Gasteiger partial charge in [0.1, 0.15) is 5.01 Å². The normalized spacial score (nSPS) is 19.3. The molecule has 14 heavy (non-hydrogen) atoms. The molecular formula is C11H18N2S. The first-order valence-electron chi connectivity index (χ1n) is 5.44. The lowest BCUT2D eigenvalue weighted by molar-refractivity contribution is 0.186. The maximum absolute atomic E-state index is 4.61. The van der Waals surface area contributed by atoms with Gasteiger partial charge in [-0.25, -0.2) is 4.98 Å². The van der Waals surface area contributed by atoms with E-state index in [0.717, 1.165) is 12.2 Å². The summed E-state index contributed by atoms with van der Waals surface area (Å²) in [7, 11) is 0. The van der Waals surface area contributed by atoms with E-state index in [1.54, 1.807) is 0 Å². The lowest BCUT2D eigenvalue weighted by Gasteiger charge is -2.41. The minimum atomic E-state index is 0.245. The molecule has 0 bridgehead atoms. The lowest BCUT2D eigenvalue weighted by atomic mass is 9.77. The fourth-order valence-corrected chi connectivity index (χ4v) is 2.97. The number of hydrogen-bond donors (Lipinski definition) is 1. The number of aromatic nitrogens is 1. The minimum Gasteiger partial charge on any atom is -0.305 e. The first kappa shape index (κ1) is 10.1. The number of aryl methyl sites for hydroxylation is 1. The smallest absolute Gasteiger partial charge is 0.113 e. The SMILES string of the molecule is CCCNC1(c2nc(C)cs2)CCC1. The topological polar surface area (TPSA) is 24.9 Å². The molecule has 0 aromatic carbocycles. The van der Waals surface area contributed by atoms with Crippen molar-refractivity contribution in [3.8, 4) is 0 Å². The molecule has 0 atom stereocenters. The fourth-order valence-electron chi connectivity index (χ4n) is 1.93. The summed E-state index contributed by atoms with van der Waals surface area (Å²) in [6.07, 6.45) is 5.07. The van der Waals surface area contributed by atoms with E-state index in [0.29, 0.717) is 0 Å². The number of rotatable bonds is 4. The van der Waals surface area contributed by atoms with Gasteiger partial charge in [-0.3, -0.25) is 0 Å². The van der Waals surface area contributed by atoms with Crippen LogP contribution >= 0.6 is 11.3 Å². The van der Waals surface area contributed by atoms with Crippen LogP contribution in [0.15, 0.2) is 5.38 Å². The molecule has 1 aliphatic carbocycles. The Bertz CT molecular complexity index is 302. The fraction of sp³-hybridized carbons (Fsp3) is 0.727. The summed E-state index contributed by atoms with van der Waals surface area (Å²) in [5.41, 5.74) is 1.41. The Morgan fingerprint density at radius 3 is 2.79 bits per heavy atom. The largest absolute Gasteiger partial charge is 0.305 e. The van der Waals surface area contributed by atoms with Crippen molar-refractivity contribution in [3.63, 3.8) is 0 Å². The molecule has 0 saturated heterocycles. The van der Waals surface area contributed by atoms with Gasteiger partial charge in [0.25, 0.3) is 0 Å². The molecule has 1 fully saturated rings. The zero-order valence-electron chi connectivity index (χ0n) is 8.97. The van der Waals surface area contributed by atoms with Crippen LogP contribution in [0.25, 0.3) is 0 Å². The molecule has 0 unspecified atom stereocenters. The highest BCUT2D eigenvalue weighted by atomic mass is 32.1. The van der Waals surface area contributed by atoms with Gasteiger partial charge in [0.15, 0.2) is 0 Å². The van der Waals surface area contributed by atoms with E-state index in [1.165, 1.54) is 30.7 Å². The molecule has 1 N–H and O–H groups in total. The average Bonchev–Trinajstić information content (AvgIpc) is 2.51. The second kappa shape index (κ2) is 3.99. The van der Waals surface area contributed by atoms with E-state index in [1.807, 2.05) is 11.3 Å². The molecule has 1 heterocycles. The molecule has 1 aromatic heterocycles. The van der Waals surface area contributed by atoms with Crippen molar-refractivity contribution < 1.29 is 0 Å². The van der Waals surface area contributed by atoms with Gasteiger partial charge in [-0.15, -0.1) is 11.3 Å². The van der Waals surface area contributed by atoms with Gasteiger partial charge in [-0.2, -0.15) is 0 Å². The van der Waals surface area contributed by atoms with Crippen LogP contribution in [0.1, 0.15) is 43.3 Å². The Hall–Kier alpha value is -0.410. The number of nitrogens with one attached hydrogen (secondary N) is 1. The van der Waals surface area contributed by atoms with Crippen molar-refractivity contribution in [3.05, 3.63) is 16.1 Å². The molecule has 2 nitrogen and oxygen atoms in total. The summed E-state index contributed by atoms with van der Waals surface area (Å²) in [6, 6.07) is 0. The van der Waals surface area contributed by atoms with Crippen LogP contribution in [-0.2, 0) is 5.54 Å². The molecule has 2 rings (SSSR count). The summed E-state index contributed by atoms with van der Waals surface area (Å²) < 4.78 is 0. The first-order valence-corrected chi connectivity index (χ1v) is 6.32. The summed E-state index contributed by atoms with van der Waals surface area (Å²) in [6.45, 7) is 5.40. The molecule has 78 valence electrons. The molecule has 1 aliphatic rings. The Balaban J connectivity index is 2.11. The van der Waals surface area contributed by atoms with E-state index in [-0.39, 0.29) is 5.54 Å². The standard InChI is InChI=1S/C11H18N2S/c1-3-7-12-11(5-4-6-11)10-13-9(2)8-14-10/h8,12H,3-7H2,1-2H3. The maximum atomic E-state index is 4.61. The van der Waals surface area contributed by atoms with Gasteiger partial charge >= 0.3 is 0 Å².